The minimum absolute atomic E-state index is 0.0141. The predicted octanol–water partition coefficient (Wildman–Crippen LogP) is 6.86. The van der Waals surface area contributed by atoms with Gasteiger partial charge in [0.1, 0.15) is 17.1 Å². The lowest BCUT2D eigenvalue weighted by Gasteiger charge is -2.46. The number of allylic oxidation sites excluding steroid dienone is 2. The van der Waals surface area contributed by atoms with Gasteiger partial charge in [0.15, 0.2) is 0 Å². The van der Waals surface area contributed by atoms with Crippen molar-refractivity contribution in [2.75, 3.05) is 0 Å². The lowest BCUT2D eigenvalue weighted by atomic mass is 9.67. The molecule has 0 radical (unpaired) electrons. The Balaban J connectivity index is 1.94. The standard InChI is InChI=1S/C24H36O2/c1-6-7-8-11-16-23(2,3)19-14-15-20-21(22(19)25)17-12-9-10-13-18(17)24(4,5)26-20/h9-10,14-15,17-18,25H,6-8,11-13,16H2,1-5H3. The summed E-state index contributed by atoms with van der Waals surface area (Å²) in [6.45, 7) is 11.2. The number of ether oxygens (including phenoxy) is 1. The van der Waals surface area contributed by atoms with Gasteiger partial charge in [-0.2, -0.15) is 0 Å². The predicted molar refractivity (Wildman–Crippen MR) is 109 cm³/mol. The van der Waals surface area contributed by atoms with Gasteiger partial charge in [-0.05, 0) is 44.6 Å². The summed E-state index contributed by atoms with van der Waals surface area (Å²) in [7, 11) is 0. The molecule has 0 bridgehead atoms. The third kappa shape index (κ3) is 3.52. The monoisotopic (exact) mass is 356 g/mol. The lowest BCUT2D eigenvalue weighted by molar-refractivity contribution is 0.00835. The van der Waals surface area contributed by atoms with Gasteiger partial charge in [-0.1, -0.05) is 64.7 Å². The number of unbranched alkanes of at least 4 members (excludes halogenated alkanes) is 3. The average molecular weight is 357 g/mol. The van der Waals surface area contributed by atoms with Crippen LogP contribution in [0, 0.1) is 5.92 Å². The molecule has 3 rings (SSSR count). The Hall–Kier alpha value is -1.44. The molecule has 0 fully saturated rings. The third-order valence-corrected chi connectivity index (χ3v) is 6.63. The summed E-state index contributed by atoms with van der Waals surface area (Å²) < 4.78 is 6.36. The van der Waals surface area contributed by atoms with E-state index in [0.29, 0.717) is 17.6 Å². The van der Waals surface area contributed by atoms with Crippen LogP contribution in [0.2, 0.25) is 0 Å². The van der Waals surface area contributed by atoms with E-state index in [-0.39, 0.29) is 11.0 Å². The van der Waals surface area contributed by atoms with E-state index in [1.165, 1.54) is 25.7 Å². The summed E-state index contributed by atoms with van der Waals surface area (Å²) in [5.74, 6) is 2.15. The normalized spacial score (nSPS) is 23.9. The van der Waals surface area contributed by atoms with Crippen LogP contribution in [0.4, 0.5) is 0 Å². The molecule has 1 heterocycles. The highest BCUT2D eigenvalue weighted by Crippen LogP contribution is 2.54. The highest BCUT2D eigenvalue weighted by Gasteiger charge is 2.45. The van der Waals surface area contributed by atoms with E-state index in [1.807, 2.05) is 0 Å². The lowest BCUT2D eigenvalue weighted by Crippen LogP contribution is -2.45. The molecular weight excluding hydrogens is 320 g/mol. The molecule has 2 unspecified atom stereocenters. The molecule has 2 aliphatic rings. The van der Waals surface area contributed by atoms with E-state index < -0.39 is 0 Å². The maximum Gasteiger partial charge on any atom is 0.127 e. The van der Waals surface area contributed by atoms with Gasteiger partial charge in [-0.25, -0.2) is 0 Å². The molecule has 26 heavy (non-hydrogen) atoms. The van der Waals surface area contributed by atoms with Crippen LogP contribution in [-0.4, -0.2) is 10.7 Å². The van der Waals surface area contributed by atoms with Gasteiger partial charge < -0.3 is 9.84 Å². The number of hydrogen-bond donors (Lipinski definition) is 1. The van der Waals surface area contributed by atoms with Crippen molar-refractivity contribution in [2.45, 2.75) is 96.5 Å². The van der Waals surface area contributed by atoms with Gasteiger partial charge in [0.05, 0.1) is 0 Å². The van der Waals surface area contributed by atoms with Crippen LogP contribution in [0.5, 0.6) is 11.5 Å². The smallest absolute Gasteiger partial charge is 0.127 e. The summed E-state index contributed by atoms with van der Waals surface area (Å²) in [6.07, 6.45) is 12.7. The highest BCUT2D eigenvalue weighted by atomic mass is 16.5. The molecule has 1 aliphatic heterocycles. The van der Waals surface area contributed by atoms with Crippen molar-refractivity contribution in [3.05, 3.63) is 35.4 Å². The zero-order valence-electron chi connectivity index (χ0n) is 17.3. The van der Waals surface area contributed by atoms with Crippen molar-refractivity contribution in [2.24, 2.45) is 5.92 Å². The number of phenolic OH excluding ortho intramolecular Hbond substituents is 1. The maximum absolute atomic E-state index is 11.3. The number of aromatic hydroxyl groups is 1. The number of hydrogen-bond acceptors (Lipinski definition) is 2. The summed E-state index contributed by atoms with van der Waals surface area (Å²) in [6, 6.07) is 4.21. The molecule has 2 nitrogen and oxygen atoms in total. The second-order valence-electron chi connectivity index (χ2n) is 9.43. The summed E-state index contributed by atoms with van der Waals surface area (Å²) in [5, 5.41) is 11.3. The zero-order chi connectivity index (χ0) is 18.9. The van der Waals surface area contributed by atoms with Crippen molar-refractivity contribution in [3.8, 4) is 11.5 Å². The largest absolute Gasteiger partial charge is 0.507 e. The molecular formula is C24H36O2. The van der Waals surface area contributed by atoms with Gasteiger partial charge in [0.25, 0.3) is 0 Å². The SMILES string of the molecule is CCCCCCC(C)(C)c1ccc2c(c1O)C1CC=CCC1C(C)(C)O2. The first-order valence-electron chi connectivity index (χ1n) is 10.5. The Morgan fingerprint density at radius 1 is 1.12 bits per heavy atom. The van der Waals surface area contributed by atoms with Crippen LogP contribution in [0.1, 0.15) is 96.6 Å². The van der Waals surface area contributed by atoms with Gasteiger partial charge in [0, 0.05) is 23.0 Å². The van der Waals surface area contributed by atoms with E-state index in [1.54, 1.807) is 0 Å². The Kier molecular flexibility index (Phi) is 5.42. The molecule has 144 valence electrons. The molecule has 1 N–H and O–H groups in total. The van der Waals surface area contributed by atoms with Crippen LogP contribution in [0.25, 0.3) is 0 Å². The first kappa shape index (κ1) is 19.3. The molecule has 0 aromatic heterocycles. The quantitative estimate of drug-likeness (QED) is 0.445. The van der Waals surface area contributed by atoms with Gasteiger partial charge in [-0.3, -0.25) is 0 Å². The molecule has 1 aromatic carbocycles. The third-order valence-electron chi connectivity index (χ3n) is 6.63. The topological polar surface area (TPSA) is 29.5 Å². The number of benzene rings is 1. The zero-order valence-corrected chi connectivity index (χ0v) is 17.3. The summed E-state index contributed by atoms with van der Waals surface area (Å²) >= 11 is 0. The van der Waals surface area contributed by atoms with Crippen molar-refractivity contribution >= 4 is 0 Å². The molecule has 0 amide bonds. The molecule has 0 saturated heterocycles. The van der Waals surface area contributed by atoms with Crippen molar-refractivity contribution in [1.29, 1.82) is 0 Å². The molecule has 2 atom stereocenters. The number of rotatable bonds is 6. The molecule has 0 saturated carbocycles. The molecule has 0 spiro atoms. The Labute approximate surface area is 159 Å². The highest BCUT2D eigenvalue weighted by molar-refractivity contribution is 5.55. The van der Waals surface area contributed by atoms with Crippen molar-refractivity contribution in [3.63, 3.8) is 0 Å². The first-order valence-corrected chi connectivity index (χ1v) is 10.5. The minimum Gasteiger partial charge on any atom is -0.507 e. The number of fused-ring (bicyclic) bond motifs is 3. The fraction of sp³-hybridized carbons (Fsp3) is 0.667. The summed E-state index contributed by atoms with van der Waals surface area (Å²) in [4.78, 5) is 0. The maximum atomic E-state index is 11.3. The first-order chi connectivity index (χ1) is 12.3. The van der Waals surface area contributed by atoms with E-state index in [9.17, 15) is 5.11 Å². The second-order valence-corrected chi connectivity index (χ2v) is 9.43. The number of phenols is 1. The minimum atomic E-state index is -0.188. The second kappa shape index (κ2) is 7.29. The van der Waals surface area contributed by atoms with Crippen molar-refractivity contribution in [1.82, 2.24) is 0 Å². The van der Waals surface area contributed by atoms with Crippen LogP contribution >= 0.6 is 0 Å². The molecule has 1 aliphatic carbocycles. The van der Waals surface area contributed by atoms with Crippen LogP contribution in [0.15, 0.2) is 24.3 Å². The van der Waals surface area contributed by atoms with E-state index in [4.69, 9.17) is 4.74 Å². The van der Waals surface area contributed by atoms with Crippen LogP contribution in [0.3, 0.4) is 0 Å². The summed E-state index contributed by atoms with van der Waals surface area (Å²) in [5.41, 5.74) is 1.94. The van der Waals surface area contributed by atoms with Gasteiger partial charge in [-0.15, -0.1) is 0 Å². The Bertz CT molecular complexity index is 669. The van der Waals surface area contributed by atoms with E-state index in [2.05, 4.69) is 58.9 Å². The van der Waals surface area contributed by atoms with E-state index >= 15 is 0 Å². The van der Waals surface area contributed by atoms with Crippen LogP contribution < -0.4 is 4.74 Å². The molecule has 1 aromatic rings. The van der Waals surface area contributed by atoms with E-state index in [0.717, 1.165) is 36.1 Å². The fourth-order valence-corrected chi connectivity index (χ4v) is 4.97. The Morgan fingerprint density at radius 2 is 1.85 bits per heavy atom. The van der Waals surface area contributed by atoms with Crippen molar-refractivity contribution < 1.29 is 9.84 Å². The average Bonchev–Trinajstić information content (AvgIpc) is 2.58. The van der Waals surface area contributed by atoms with Gasteiger partial charge in [0.2, 0.25) is 0 Å². The van der Waals surface area contributed by atoms with Gasteiger partial charge >= 0.3 is 0 Å². The molecule has 2 heteroatoms. The van der Waals surface area contributed by atoms with Crippen LogP contribution in [-0.2, 0) is 5.41 Å². The fourth-order valence-electron chi connectivity index (χ4n) is 4.97. The Morgan fingerprint density at radius 3 is 2.58 bits per heavy atom.